The zero-order valence-corrected chi connectivity index (χ0v) is 36.5. The van der Waals surface area contributed by atoms with E-state index in [9.17, 15) is 0 Å². The molecule has 3 heterocycles. The first-order chi connectivity index (χ1) is 33.7. The van der Waals surface area contributed by atoms with Crippen molar-refractivity contribution in [3.8, 4) is 67.5 Å². The number of furan rings is 2. The predicted molar refractivity (Wildman–Crippen MR) is 280 cm³/mol. The minimum Gasteiger partial charge on any atom is -0.455 e. The molecule has 0 radical (unpaired) electrons. The molecule has 0 saturated carbocycles. The Hall–Kier alpha value is -9.19. The highest BCUT2D eigenvalue weighted by Crippen LogP contribution is 2.49. The molecular formula is C63H37N3O2. The summed E-state index contributed by atoms with van der Waals surface area (Å²) in [6.45, 7) is 0. The van der Waals surface area contributed by atoms with Crippen molar-refractivity contribution in [1.29, 1.82) is 0 Å². The van der Waals surface area contributed by atoms with Gasteiger partial charge in [0.05, 0.1) is 11.1 Å². The van der Waals surface area contributed by atoms with Crippen LogP contribution < -0.4 is 0 Å². The van der Waals surface area contributed by atoms with E-state index in [0.717, 1.165) is 104 Å². The molecule has 0 spiro atoms. The Bertz CT molecular complexity index is 4150. The van der Waals surface area contributed by atoms with Crippen LogP contribution in [0.5, 0.6) is 0 Å². The lowest BCUT2D eigenvalue weighted by Crippen LogP contribution is -2.02. The second-order valence-electron chi connectivity index (χ2n) is 17.3. The maximum Gasteiger partial charge on any atom is 0.167 e. The van der Waals surface area contributed by atoms with Crippen LogP contribution in [0, 0.1) is 0 Å². The largest absolute Gasteiger partial charge is 0.455 e. The van der Waals surface area contributed by atoms with Gasteiger partial charge in [-0.25, -0.2) is 15.0 Å². The molecule has 0 unspecified atom stereocenters. The van der Waals surface area contributed by atoms with E-state index in [1.165, 1.54) is 22.3 Å². The molecule has 3 aromatic heterocycles. The first-order valence-corrected chi connectivity index (χ1v) is 22.9. The Morgan fingerprint density at radius 3 is 1.22 bits per heavy atom. The Morgan fingerprint density at radius 2 is 0.647 bits per heavy atom. The van der Waals surface area contributed by atoms with E-state index in [1.54, 1.807) is 0 Å². The Labute approximate surface area is 390 Å². The van der Waals surface area contributed by atoms with Crippen LogP contribution in [0.15, 0.2) is 233 Å². The summed E-state index contributed by atoms with van der Waals surface area (Å²) in [6, 6.07) is 78.8. The van der Waals surface area contributed by atoms with Crippen molar-refractivity contribution in [2.75, 3.05) is 0 Å². The molecule has 0 aliphatic carbocycles. The fourth-order valence-corrected chi connectivity index (χ4v) is 10.6. The molecular weight excluding hydrogens is 831 g/mol. The van der Waals surface area contributed by atoms with Gasteiger partial charge in [0.2, 0.25) is 0 Å². The summed E-state index contributed by atoms with van der Waals surface area (Å²) in [7, 11) is 0. The third-order valence-corrected chi connectivity index (χ3v) is 13.6. The third-order valence-electron chi connectivity index (χ3n) is 13.6. The second-order valence-corrected chi connectivity index (χ2v) is 17.3. The van der Waals surface area contributed by atoms with Crippen molar-refractivity contribution < 1.29 is 8.83 Å². The zero-order chi connectivity index (χ0) is 44.7. The summed E-state index contributed by atoms with van der Waals surface area (Å²) >= 11 is 0. The van der Waals surface area contributed by atoms with Gasteiger partial charge < -0.3 is 8.83 Å². The Morgan fingerprint density at radius 1 is 0.235 bits per heavy atom. The number of benzene rings is 11. The molecule has 5 nitrogen and oxygen atoms in total. The van der Waals surface area contributed by atoms with Gasteiger partial charge in [-0.2, -0.15) is 0 Å². The zero-order valence-electron chi connectivity index (χ0n) is 36.5. The smallest absolute Gasteiger partial charge is 0.167 e. The lowest BCUT2D eigenvalue weighted by atomic mass is 9.82. The van der Waals surface area contributed by atoms with Crippen molar-refractivity contribution in [2.45, 2.75) is 0 Å². The van der Waals surface area contributed by atoms with Gasteiger partial charge in [-0.1, -0.05) is 200 Å². The summed E-state index contributed by atoms with van der Waals surface area (Å²) in [6.07, 6.45) is 0. The lowest BCUT2D eigenvalue weighted by molar-refractivity contribution is 0.669. The molecule has 14 aromatic rings. The molecule has 0 bridgehead atoms. The quantitative estimate of drug-likeness (QED) is 0.156. The number of fused-ring (bicyclic) bond motifs is 9. The molecule has 0 aliphatic heterocycles. The van der Waals surface area contributed by atoms with Crippen LogP contribution >= 0.6 is 0 Å². The van der Waals surface area contributed by atoms with Crippen molar-refractivity contribution in [2.24, 2.45) is 0 Å². The number of hydrogen-bond donors (Lipinski definition) is 0. The van der Waals surface area contributed by atoms with Crippen LogP contribution in [0.4, 0.5) is 0 Å². The molecule has 68 heavy (non-hydrogen) atoms. The molecule has 0 N–H and O–H groups in total. The fraction of sp³-hybridized carbons (Fsp3) is 0. The topological polar surface area (TPSA) is 65.0 Å². The molecule has 14 rings (SSSR count). The molecule has 0 aliphatic rings. The van der Waals surface area contributed by atoms with Gasteiger partial charge in [0.1, 0.15) is 22.3 Å². The fourth-order valence-electron chi connectivity index (χ4n) is 10.6. The summed E-state index contributed by atoms with van der Waals surface area (Å²) < 4.78 is 13.3. The molecule has 0 fully saturated rings. The highest BCUT2D eigenvalue weighted by atomic mass is 16.3. The van der Waals surface area contributed by atoms with Crippen LogP contribution in [0.1, 0.15) is 0 Å². The first-order valence-electron chi connectivity index (χ1n) is 22.9. The van der Waals surface area contributed by atoms with Gasteiger partial charge in [-0.15, -0.1) is 0 Å². The monoisotopic (exact) mass is 867 g/mol. The van der Waals surface area contributed by atoms with Crippen LogP contribution in [-0.4, -0.2) is 15.0 Å². The summed E-state index contributed by atoms with van der Waals surface area (Å²) in [4.78, 5) is 16.4. The minimum atomic E-state index is 0.504. The predicted octanol–water partition coefficient (Wildman–Crippen LogP) is 17.1. The van der Waals surface area contributed by atoms with E-state index in [2.05, 4.69) is 176 Å². The number of nitrogens with zero attached hydrogens (tertiary/aromatic N) is 3. The number of hydrogen-bond acceptors (Lipinski definition) is 5. The first kappa shape index (κ1) is 38.1. The van der Waals surface area contributed by atoms with Crippen molar-refractivity contribution in [3.63, 3.8) is 0 Å². The van der Waals surface area contributed by atoms with Crippen molar-refractivity contribution >= 4 is 76.2 Å². The standard InChI is InChI=1S/C63H37N3O2/c1-2-18-38(19-3-1)40-21-6-7-25-44(40)56-45-26-8-10-28-47(45)57(48-29-11-9-27-46(48)56)51-37-36-39-20-4-5-22-41(39)58(51)63-65-61(52-32-16-30-49-42-23-12-14-34-54(42)67-59(49)52)64-62(66-63)53-33-17-31-50-43-24-13-15-35-55(43)68-60(50)53/h1-37H. The van der Waals surface area contributed by atoms with Gasteiger partial charge in [0.25, 0.3) is 0 Å². The lowest BCUT2D eigenvalue weighted by Gasteiger charge is -2.21. The number of para-hydroxylation sites is 4. The van der Waals surface area contributed by atoms with Gasteiger partial charge in [-0.3, -0.25) is 0 Å². The summed E-state index contributed by atoms with van der Waals surface area (Å²) in [5, 5.41) is 10.8. The highest BCUT2D eigenvalue weighted by Gasteiger charge is 2.26. The van der Waals surface area contributed by atoms with Crippen LogP contribution in [0.2, 0.25) is 0 Å². The Balaban J connectivity index is 1.10. The van der Waals surface area contributed by atoms with E-state index in [-0.39, 0.29) is 0 Å². The van der Waals surface area contributed by atoms with Crippen LogP contribution in [-0.2, 0) is 0 Å². The molecule has 316 valence electrons. The molecule has 0 amide bonds. The van der Waals surface area contributed by atoms with Gasteiger partial charge in [-0.05, 0) is 90.0 Å². The summed E-state index contributed by atoms with van der Waals surface area (Å²) in [5.41, 5.74) is 12.4. The normalized spacial score (nSPS) is 11.8. The van der Waals surface area contributed by atoms with Gasteiger partial charge >= 0.3 is 0 Å². The van der Waals surface area contributed by atoms with E-state index in [1.807, 2.05) is 48.5 Å². The maximum atomic E-state index is 6.66. The van der Waals surface area contributed by atoms with E-state index >= 15 is 0 Å². The Kier molecular flexibility index (Phi) is 8.52. The number of aromatic nitrogens is 3. The highest BCUT2D eigenvalue weighted by molar-refractivity contribution is 6.24. The minimum absolute atomic E-state index is 0.504. The molecule has 5 heteroatoms. The average molecular weight is 868 g/mol. The molecule has 0 saturated heterocycles. The van der Waals surface area contributed by atoms with E-state index in [4.69, 9.17) is 23.8 Å². The SMILES string of the molecule is c1ccc(-c2ccccc2-c2c3ccccc3c(-c3ccc4ccccc4c3-c3nc(-c4cccc5c4oc4ccccc45)nc(-c4cccc5c4oc4ccccc45)n3)c3ccccc23)cc1. The van der Waals surface area contributed by atoms with Crippen molar-refractivity contribution in [1.82, 2.24) is 15.0 Å². The number of rotatable bonds is 6. The second kappa shape index (κ2) is 15.2. The molecule has 11 aromatic carbocycles. The van der Waals surface area contributed by atoms with Crippen LogP contribution in [0.3, 0.4) is 0 Å². The third kappa shape index (κ3) is 5.86. The van der Waals surface area contributed by atoms with Crippen molar-refractivity contribution in [3.05, 3.63) is 224 Å². The van der Waals surface area contributed by atoms with E-state index in [0.29, 0.717) is 17.5 Å². The van der Waals surface area contributed by atoms with Gasteiger partial charge in [0, 0.05) is 27.1 Å². The van der Waals surface area contributed by atoms with Gasteiger partial charge in [0.15, 0.2) is 17.5 Å². The van der Waals surface area contributed by atoms with E-state index < -0.39 is 0 Å². The maximum absolute atomic E-state index is 6.66. The summed E-state index contributed by atoms with van der Waals surface area (Å²) in [5.74, 6) is 1.55. The molecule has 0 atom stereocenters. The van der Waals surface area contributed by atoms with Crippen LogP contribution in [0.25, 0.3) is 144 Å². The average Bonchev–Trinajstić information content (AvgIpc) is 3.99.